The van der Waals surface area contributed by atoms with Gasteiger partial charge in [-0.25, -0.2) is 9.37 Å². The largest absolute Gasteiger partial charge is 0.385 e. The van der Waals surface area contributed by atoms with E-state index in [-0.39, 0.29) is 23.8 Å². The number of halogens is 2. The molecule has 1 saturated heterocycles. The van der Waals surface area contributed by atoms with E-state index in [4.69, 9.17) is 4.52 Å². The van der Waals surface area contributed by atoms with Gasteiger partial charge in [-0.1, -0.05) is 5.16 Å². The van der Waals surface area contributed by atoms with Gasteiger partial charge in [0, 0.05) is 41.7 Å². The number of fused-ring (bicyclic) bond motifs is 2. The number of piperidine rings is 1. The van der Waals surface area contributed by atoms with E-state index in [1.54, 1.807) is 10.6 Å². The van der Waals surface area contributed by atoms with Crippen molar-refractivity contribution in [3.8, 4) is 0 Å². The van der Waals surface area contributed by atoms with Gasteiger partial charge in [-0.2, -0.15) is 0 Å². The van der Waals surface area contributed by atoms with Crippen molar-refractivity contribution in [2.45, 2.75) is 57.6 Å². The molecule has 32 heavy (non-hydrogen) atoms. The Morgan fingerprint density at radius 3 is 2.78 bits per heavy atom. The van der Waals surface area contributed by atoms with Crippen molar-refractivity contribution in [2.24, 2.45) is 0 Å². The molecule has 1 aromatic carbocycles. The van der Waals surface area contributed by atoms with Gasteiger partial charge < -0.3 is 14.5 Å². The second-order valence-corrected chi connectivity index (χ2v) is 8.72. The summed E-state index contributed by atoms with van der Waals surface area (Å²) in [5, 5.41) is 15.3. The van der Waals surface area contributed by atoms with Crippen LogP contribution in [0, 0.1) is 12.7 Å². The molecule has 2 aliphatic heterocycles. The maximum Gasteiger partial charge on any atom is 0.257 e. The van der Waals surface area contributed by atoms with Crippen LogP contribution in [0.15, 0.2) is 27.5 Å². The van der Waals surface area contributed by atoms with Crippen LogP contribution in [-0.2, 0) is 13.0 Å². The molecule has 4 heterocycles. The first-order valence-electron chi connectivity index (χ1n) is 11.1. The van der Waals surface area contributed by atoms with Crippen molar-refractivity contribution in [3.63, 3.8) is 0 Å². The van der Waals surface area contributed by atoms with E-state index in [2.05, 4.69) is 15.0 Å². The highest BCUT2D eigenvalue weighted by atomic mass is 35.5. The van der Waals surface area contributed by atoms with E-state index in [0.717, 1.165) is 61.2 Å². The quantitative estimate of drug-likeness (QED) is 0.638. The molecule has 5 rings (SSSR count). The van der Waals surface area contributed by atoms with Crippen molar-refractivity contribution >= 4 is 23.4 Å². The minimum Gasteiger partial charge on any atom is -0.385 e. The van der Waals surface area contributed by atoms with Gasteiger partial charge in [0.1, 0.15) is 17.7 Å². The molecule has 2 aromatic heterocycles. The summed E-state index contributed by atoms with van der Waals surface area (Å²) in [6.45, 7) is 5.13. The third-order valence-electron chi connectivity index (χ3n) is 6.77. The van der Waals surface area contributed by atoms with Crippen LogP contribution in [0.25, 0.3) is 11.0 Å². The van der Waals surface area contributed by atoms with E-state index >= 15 is 0 Å². The highest BCUT2D eigenvalue weighted by Gasteiger charge is 2.26. The van der Waals surface area contributed by atoms with E-state index in [1.165, 1.54) is 12.1 Å². The summed E-state index contributed by atoms with van der Waals surface area (Å²) in [5.41, 5.74) is 2.90. The topological polar surface area (TPSA) is 84.4 Å². The normalized spacial score (nSPS) is 19.7. The van der Waals surface area contributed by atoms with E-state index in [9.17, 15) is 14.3 Å². The lowest BCUT2D eigenvalue weighted by molar-refractivity contribution is 0.129. The fraction of sp³-hybridized carbons (Fsp3) is 0.522. The van der Waals surface area contributed by atoms with Crippen molar-refractivity contribution < 1.29 is 14.0 Å². The Morgan fingerprint density at radius 1 is 1.22 bits per heavy atom. The van der Waals surface area contributed by atoms with Crippen LogP contribution >= 0.6 is 12.4 Å². The van der Waals surface area contributed by atoms with Crippen molar-refractivity contribution in [1.82, 2.24) is 19.6 Å². The van der Waals surface area contributed by atoms with Gasteiger partial charge >= 0.3 is 0 Å². The maximum atomic E-state index is 13.4. The minimum atomic E-state index is -0.641. The number of likely N-dealkylation sites (tertiary alicyclic amines) is 1. The average molecular weight is 463 g/mol. The molecular weight excluding hydrogens is 435 g/mol. The summed E-state index contributed by atoms with van der Waals surface area (Å²) < 4.78 is 20.4. The lowest BCUT2D eigenvalue weighted by Gasteiger charge is -2.31. The van der Waals surface area contributed by atoms with Gasteiger partial charge in [0.15, 0.2) is 5.58 Å². The van der Waals surface area contributed by atoms with Crippen molar-refractivity contribution in [2.75, 3.05) is 19.6 Å². The third kappa shape index (κ3) is 4.19. The van der Waals surface area contributed by atoms with Crippen LogP contribution in [0.5, 0.6) is 0 Å². The van der Waals surface area contributed by atoms with Crippen molar-refractivity contribution in [1.29, 1.82) is 0 Å². The monoisotopic (exact) mass is 462 g/mol. The number of aryl methyl sites for hydroxylation is 1. The molecule has 3 aromatic rings. The van der Waals surface area contributed by atoms with Crippen LogP contribution in [0.3, 0.4) is 0 Å². The molecule has 9 heteroatoms. The Morgan fingerprint density at radius 2 is 2.00 bits per heavy atom. The average Bonchev–Trinajstić information content (AvgIpc) is 3.18. The summed E-state index contributed by atoms with van der Waals surface area (Å²) in [4.78, 5) is 19.9. The first kappa shape index (κ1) is 22.9. The summed E-state index contributed by atoms with van der Waals surface area (Å²) in [6, 6.07) is 4.58. The Hall–Kier alpha value is -2.29. The molecule has 1 fully saturated rings. The van der Waals surface area contributed by atoms with E-state index in [1.807, 2.05) is 6.92 Å². The number of aromatic nitrogens is 3. The molecule has 1 atom stereocenters. The molecule has 0 amide bonds. The van der Waals surface area contributed by atoms with Gasteiger partial charge in [-0.3, -0.25) is 9.36 Å². The predicted octanol–water partition coefficient (Wildman–Crippen LogP) is 3.50. The Kier molecular flexibility index (Phi) is 6.65. The standard InChI is InChI=1S/C23H27FN4O3.ClH/c1-14-17(23(30)28-9-2-3-19(29)22(28)25-14)8-12-27-10-6-15(7-11-27)21-18-5-4-16(24)13-20(18)31-26-21;/h4-5,13,15,19,29H,2-3,6-12H2,1H3;1H. The molecule has 172 valence electrons. The number of aliphatic hydroxyl groups is 1. The number of benzene rings is 1. The van der Waals surface area contributed by atoms with E-state index in [0.29, 0.717) is 36.7 Å². The summed E-state index contributed by atoms with van der Waals surface area (Å²) in [6.07, 6.45) is 3.38. The Bertz CT molecular complexity index is 1170. The molecular formula is C23H28ClFN4O3. The number of aliphatic hydroxyl groups excluding tert-OH is 1. The zero-order valence-corrected chi connectivity index (χ0v) is 18.9. The third-order valence-corrected chi connectivity index (χ3v) is 6.77. The molecule has 0 radical (unpaired) electrons. The second kappa shape index (κ2) is 9.29. The van der Waals surface area contributed by atoms with Crippen molar-refractivity contribution in [3.05, 3.63) is 57.1 Å². The number of hydrogen-bond acceptors (Lipinski definition) is 6. The maximum absolute atomic E-state index is 13.4. The molecule has 1 unspecified atom stereocenters. The summed E-state index contributed by atoms with van der Waals surface area (Å²) >= 11 is 0. The molecule has 0 bridgehead atoms. The van der Waals surface area contributed by atoms with Crippen LogP contribution < -0.4 is 5.56 Å². The summed E-state index contributed by atoms with van der Waals surface area (Å²) in [5.74, 6) is 0.489. The zero-order valence-electron chi connectivity index (χ0n) is 18.1. The lowest BCUT2D eigenvalue weighted by Crippen LogP contribution is -2.37. The molecule has 7 nitrogen and oxygen atoms in total. The van der Waals surface area contributed by atoms with Crippen LogP contribution in [-0.4, -0.2) is 44.3 Å². The van der Waals surface area contributed by atoms with Crippen LogP contribution in [0.1, 0.15) is 60.5 Å². The van der Waals surface area contributed by atoms with Crippen LogP contribution in [0.4, 0.5) is 4.39 Å². The number of rotatable bonds is 4. The van der Waals surface area contributed by atoms with Crippen LogP contribution in [0.2, 0.25) is 0 Å². The van der Waals surface area contributed by atoms with Gasteiger partial charge in [0.2, 0.25) is 0 Å². The first-order valence-corrected chi connectivity index (χ1v) is 11.1. The molecule has 0 saturated carbocycles. The van der Waals surface area contributed by atoms with E-state index < -0.39 is 6.10 Å². The highest BCUT2D eigenvalue weighted by molar-refractivity contribution is 5.85. The fourth-order valence-corrected chi connectivity index (χ4v) is 4.98. The molecule has 1 N–H and O–H groups in total. The fourth-order valence-electron chi connectivity index (χ4n) is 4.98. The smallest absolute Gasteiger partial charge is 0.257 e. The van der Waals surface area contributed by atoms with Gasteiger partial charge in [0.25, 0.3) is 5.56 Å². The first-order chi connectivity index (χ1) is 15.0. The highest BCUT2D eigenvalue weighted by Crippen LogP contribution is 2.32. The summed E-state index contributed by atoms with van der Waals surface area (Å²) in [7, 11) is 0. The minimum absolute atomic E-state index is 0. The second-order valence-electron chi connectivity index (χ2n) is 8.72. The van der Waals surface area contributed by atoms with Gasteiger partial charge in [-0.15, -0.1) is 12.4 Å². The van der Waals surface area contributed by atoms with Gasteiger partial charge in [-0.05, 0) is 64.3 Å². The molecule has 0 aliphatic carbocycles. The number of nitrogens with zero attached hydrogens (tertiary/aromatic N) is 4. The van der Waals surface area contributed by atoms with Gasteiger partial charge in [0.05, 0.1) is 5.69 Å². The lowest BCUT2D eigenvalue weighted by atomic mass is 9.91. The Labute approximate surface area is 191 Å². The Balaban J connectivity index is 0.00000245. The zero-order chi connectivity index (χ0) is 21.5. The predicted molar refractivity (Wildman–Crippen MR) is 121 cm³/mol. The SMILES string of the molecule is Cc1nc2n(c(=O)c1CCN1CCC(c3noc4cc(F)ccc34)CC1)CCCC2O.Cl. The molecule has 2 aliphatic rings. The number of hydrogen-bond donors (Lipinski definition) is 1. The molecule has 0 spiro atoms.